The first kappa shape index (κ1) is 25.5. The van der Waals surface area contributed by atoms with Crippen LogP contribution >= 0.6 is 0 Å². The smallest absolute Gasteiger partial charge is 0.256 e. The molecule has 0 spiro atoms. The largest absolute Gasteiger partial charge is 0.458 e. The fourth-order valence-corrected chi connectivity index (χ4v) is 7.13. The van der Waals surface area contributed by atoms with Gasteiger partial charge in [-0.1, -0.05) is 96.1 Å². The van der Waals surface area contributed by atoms with E-state index in [9.17, 15) is 0 Å². The lowest BCUT2D eigenvalue weighted by atomic mass is 9.34. The van der Waals surface area contributed by atoms with Crippen LogP contribution in [0.15, 0.2) is 91.0 Å². The van der Waals surface area contributed by atoms with Gasteiger partial charge in [0.05, 0.1) is 5.52 Å². The second kappa shape index (κ2) is 8.41. The standard InChI is InChI=1S/C39H36BNO/c1-23-17-33-36-35(18-23)42-34-16-13-25(24-11-9-8-10-12-24)19-30(34)40(36)31-22-27(39(5,6)7)21-29-28-20-26(38(2,3)4)14-15-32(28)41(33)37(29)31/h8-22H,1-7H3. The van der Waals surface area contributed by atoms with Gasteiger partial charge in [0.25, 0.3) is 6.71 Å². The van der Waals surface area contributed by atoms with E-state index in [1.54, 1.807) is 0 Å². The van der Waals surface area contributed by atoms with Crippen LogP contribution < -0.4 is 21.1 Å². The third kappa shape index (κ3) is 3.59. The highest BCUT2D eigenvalue weighted by molar-refractivity contribution is 6.99. The Bertz CT molecular complexity index is 2090. The van der Waals surface area contributed by atoms with Gasteiger partial charge >= 0.3 is 0 Å². The fourth-order valence-electron chi connectivity index (χ4n) is 7.13. The zero-order chi connectivity index (χ0) is 29.1. The molecule has 0 fully saturated rings. The van der Waals surface area contributed by atoms with Gasteiger partial charge in [-0.15, -0.1) is 0 Å². The monoisotopic (exact) mass is 545 g/mol. The number of aryl methyl sites for hydroxylation is 1. The number of fused-ring (bicyclic) bond motifs is 7. The summed E-state index contributed by atoms with van der Waals surface area (Å²) < 4.78 is 9.27. The molecule has 0 radical (unpaired) electrons. The Morgan fingerprint density at radius 1 is 0.619 bits per heavy atom. The summed E-state index contributed by atoms with van der Waals surface area (Å²) >= 11 is 0. The van der Waals surface area contributed by atoms with E-state index in [4.69, 9.17) is 4.74 Å². The molecule has 2 nitrogen and oxygen atoms in total. The first-order chi connectivity index (χ1) is 20.0. The van der Waals surface area contributed by atoms with Crippen LogP contribution in [0.4, 0.5) is 0 Å². The molecule has 0 amide bonds. The molecule has 0 saturated heterocycles. The van der Waals surface area contributed by atoms with E-state index in [0.717, 1.165) is 11.5 Å². The van der Waals surface area contributed by atoms with E-state index >= 15 is 0 Å². The molecule has 2 aliphatic rings. The van der Waals surface area contributed by atoms with Crippen LogP contribution in [0.5, 0.6) is 11.5 Å². The number of aromatic nitrogens is 1. The summed E-state index contributed by atoms with van der Waals surface area (Å²) in [6.07, 6.45) is 0. The minimum Gasteiger partial charge on any atom is -0.458 e. The van der Waals surface area contributed by atoms with Crippen molar-refractivity contribution in [2.45, 2.75) is 59.3 Å². The SMILES string of the molecule is Cc1cc2c3c(c1)-n1c4ccc(C(C)(C)C)cc4c4cc(C(C)(C)C)cc(c41)B3c1cc(-c3ccccc3)ccc1O2. The molecule has 8 rings (SSSR count). The van der Waals surface area contributed by atoms with Gasteiger partial charge in [0.15, 0.2) is 0 Å². The number of ether oxygens (including phenoxy) is 1. The van der Waals surface area contributed by atoms with Crippen LogP contribution in [0.2, 0.25) is 0 Å². The minimum absolute atomic E-state index is 0.0109. The highest BCUT2D eigenvalue weighted by Gasteiger charge is 2.41. The molecule has 5 aromatic carbocycles. The lowest BCUT2D eigenvalue weighted by molar-refractivity contribution is 0.487. The molecule has 0 bridgehead atoms. The van der Waals surface area contributed by atoms with Gasteiger partial charge in [-0.25, -0.2) is 0 Å². The molecular weight excluding hydrogens is 509 g/mol. The van der Waals surface area contributed by atoms with Crippen LogP contribution in [0.1, 0.15) is 58.2 Å². The molecule has 6 aromatic rings. The summed E-state index contributed by atoms with van der Waals surface area (Å²) in [6.45, 7) is 16.2. The van der Waals surface area contributed by atoms with Crippen LogP contribution in [-0.2, 0) is 10.8 Å². The van der Waals surface area contributed by atoms with Crippen molar-refractivity contribution >= 4 is 44.9 Å². The average molecular weight is 546 g/mol. The maximum absolute atomic E-state index is 6.74. The number of nitrogens with zero attached hydrogens (tertiary/aromatic N) is 1. The Morgan fingerprint density at radius 3 is 2.10 bits per heavy atom. The summed E-state index contributed by atoms with van der Waals surface area (Å²) in [4.78, 5) is 0. The summed E-state index contributed by atoms with van der Waals surface area (Å²) in [5, 5.41) is 2.68. The Balaban J connectivity index is 1.53. The first-order valence-corrected chi connectivity index (χ1v) is 15.1. The van der Waals surface area contributed by atoms with Gasteiger partial charge in [-0.05, 0) is 98.4 Å². The third-order valence-corrected chi connectivity index (χ3v) is 9.38. The maximum Gasteiger partial charge on any atom is 0.256 e. The molecule has 206 valence electrons. The topological polar surface area (TPSA) is 14.2 Å². The van der Waals surface area contributed by atoms with Crippen molar-refractivity contribution < 1.29 is 4.74 Å². The van der Waals surface area contributed by atoms with Gasteiger partial charge in [0.2, 0.25) is 0 Å². The Labute approximate surface area is 249 Å². The van der Waals surface area contributed by atoms with Crippen LogP contribution in [0.3, 0.4) is 0 Å². The van der Waals surface area contributed by atoms with Crippen molar-refractivity contribution in [3.8, 4) is 28.3 Å². The molecule has 42 heavy (non-hydrogen) atoms. The molecule has 0 N–H and O–H groups in total. The van der Waals surface area contributed by atoms with E-state index in [0.29, 0.717) is 0 Å². The zero-order valence-corrected chi connectivity index (χ0v) is 25.6. The summed E-state index contributed by atoms with van der Waals surface area (Å²) in [7, 11) is 0. The molecule has 0 unspecified atom stereocenters. The number of benzene rings is 5. The molecule has 3 heterocycles. The van der Waals surface area contributed by atoms with Crippen molar-refractivity contribution in [1.29, 1.82) is 0 Å². The van der Waals surface area contributed by atoms with Crippen molar-refractivity contribution in [3.05, 3.63) is 108 Å². The summed E-state index contributed by atoms with van der Waals surface area (Å²) in [6, 6.07) is 34.1. The minimum atomic E-state index is 0.0109. The van der Waals surface area contributed by atoms with Gasteiger partial charge in [-0.2, -0.15) is 0 Å². The molecule has 0 atom stereocenters. The van der Waals surface area contributed by atoms with Crippen molar-refractivity contribution in [3.63, 3.8) is 0 Å². The average Bonchev–Trinajstić information content (AvgIpc) is 3.28. The van der Waals surface area contributed by atoms with Crippen molar-refractivity contribution in [1.82, 2.24) is 4.57 Å². The fraction of sp³-hybridized carbons (Fsp3) is 0.231. The maximum atomic E-state index is 6.74. The van der Waals surface area contributed by atoms with Gasteiger partial charge in [0, 0.05) is 22.0 Å². The second-order valence-corrected chi connectivity index (χ2v) is 14.4. The predicted octanol–water partition coefficient (Wildman–Crippen LogP) is 8.29. The third-order valence-electron chi connectivity index (χ3n) is 9.38. The quantitative estimate of drug-likeness (QED) is 0.189. The number of hydrogen-bond acceptors (Lipinski definition) is 1. The summed E-state index contributed by atoms with van der Waals surface area (Å²) in [5.41, 5.74) is 14.2. The second-order valence-electron chi connectivity index (χ2n) is 14.4. The lowest BCUT2D eigenvalue weighted by Gasteiger charge is -2.34. The van der Waals surface area contributed by atoms with E-state index < -0.39 is 0 Å². The van der Waals surface area contributed by atoms with E-state index in [-0.39, 0.29) is 17.5 Å². The van der Waals surface area contributed by atoms with Gasteiger partial charge in [0.1, 0.15) is 11.5 Å². The normalized spacial score (nSPS) is 13.7. The number of rotatable bonds is 1. The highest BCUT2D eigenvalue weighted by atomic mass is 16.5. The van der Waals surface area contributed by atoms with Crippen molar-refractivity contribution in [2.24, 2.45) is 0 Å². The summed E-state index contributed by atoms with van der Waals surface area (Å²) in [5.74, 6) is 1.93. The number of hydrogen-bond donors (Lipinski definition) is 0. The molecule has 0 saturated carbocycles. The Hall–Kier alpha value is -4.24. The van der Waals surface area contributed by atoms with E-state index in [1.807, 2.05) is 0 Å². The molecule has 0 aliphatic carbocycles. The van der Waals surface area contributed by atoms with E-state index in [2.05, 4.69) is 144 Å². The Kier molecular flexibility index (Phi) is 5.10. The molecule has 2 aliphatic heterocycles. The van der Waals surface area contributed by atoms with Gasteiger partial charge in [-0.3, -0.25) is 0 Å². The molecule has 1 aromatic heterocycles. The van der Waals surface area contributed by atoms with Crippen LogP contribution in [0.25, 0.3) is 38.6 Å². The van der Waals surface area contributed by atoms with Crippen LogP contribution in [0, 0.1) is 6.92 Å². The first-order valence-electron chi connectivity index (χ1n) is 15.1. The van der Waals surface area contributed by atoms with Crippen molar-refractivity contribution in [2.75, 3.05) is 0 Å². The Morgan fingerprint density at radius 2 is 1.36 bits per heavy atom. The predicted molar refractivity (Wildman–Crippen MR) is 180 cm³/mol. The van der Waals surface area contributed by atoms with Crippen LogP contribution in [-0.4, -0.2) is 11.3 Å². The van der Waals surface area contributed by atoms with Gasteiger partial charge < -0.3 is 9.30 Å². The highest BCUT2D eigenvalue weighted by Crippen LogP contribution is 2.41. The lowest BCUT2D eigenvalue weighted by Crippen LogP contribution is -2.58. The molecular formula is C39H36BNO. The zero-order valence-electron chi connectivity index (χ0n) is 25.6. The molecule has 3 heteroatoms. The van der Waals surface area contributed by atoms with E-state index in [1.165, 1.54) is 71.7 Å².